The van der Waals surface area contributed by atoms with Crippen LogP contribution in [0.2, 0.25) is 0 Å². The van der Waals surface area contributed by atoms with E-state index in [0.717, 1.165) is 12.0 Å². The van der Waals surface area contributed by atoms with Crippen molar-refractivity contribution < 1.29 is 4.79 Å². The zero-order valence-electron chi connectivity index (χ0n) is 12.2. The summed E-state index contributed by atoms with van der Waals surface area (Å²) in [7, 11) is 0. The maximum absolute atomic E-state index is 11.9. The highest BCUT2D eigenvalue weighted by Gasteiger charge is 2.04. The van der Waals surface area contributed by atoms with Crippen molar-refractivity contribution in [1.82, 2.24) is 9.78 Å². The summed E-state index contributed by atoms with van der Waals surface area (Å²) >= 11 is 0. The maximum atomic E-state index is 11.9. The molecule has 3 rings (SSSR count). The zero-order chi connectivity index (χ0) is 15.2. The predicted molar refractivity (Wildman–Crippen MR) is 84.9 cm³/mol. The molecule has 0 saturated heterocycles. The van der Waals surface area contributed by atoms with Crippen molar-refractivity contribution >= 4 is 5.91 Å². The van der Waals surface area contributed by atoms with Crippen molar-refractivity contribution in [3.05, 3.63) is 84.0 Å². The van der Waals surface area contributed by atoms with Gasteiger partial charge < -0.3 is 0 Å². The third kappa shape index (κ3) is 3.67. The van der Waals surface area contributed by atoms with Gasteiger partial charge >= 0.3 is 0 Å². The lowest BCUT2D eigenvalue weighted by Crippen LogP contribution is -2.15. The summed E-state index contributed by atoms with van der Waals surface area (Å²) in [5.41, 5.74) is 0.965. The van der Waals surface area contributed by atoms with Crippen LogP contribution in [0.15, 0.2) is 78.1 Å². The highest BCUT2D eigenvalue weighted by molar-refractivity contribution is 5.79. The lowest BCUT2D eigenvalue weighted by molar-refractivity contribution is -0.117. The Kier molecular flexibility index (Phi) is 4.39. The molecule has 0 unspecified atom stereocenters. The minimum Gasteiger partial charge on any atom is -0.272 e. The van der Waals surface area contributed by atoms with Gasteiger partial charge in [-0.25, -0.2) is 4.99 Å². The van der Waals surface area contributed by atoms with Gasteiger partial charge in [0.2, 0.25) is 0 Å². The monoisotopic (exact) mass is 291 g/mol. The summed E-state index contributed by atoms with van der Waals surface area (Å²) in [4.78, 5) is 16.0. The summed E-state index contributed by atoms with van der Waals surface area (Å²) in [6, 6.07) is 11.6. The first kappa shape index (κ1) is 14.2. The van der Waals surface area contributed by atoms with Crippen molar-refractivity contribution in [2.75, 3.05) is 0 Å². The van der Waals surface area contributed by atoms with Crippen LogP contribution in [0.1, 0.15) is 18.0 Å². The van der Waals surface area contributed by atoms with Gasteiger partial charge in [-0.2, -0.15) is 5.10 Å². The van der Waals surface area contributed by atoms with Crippen molar-refractivity contribution in [1.29, 1.82) is 0 Å². The van der Waals surface area contributed by atoms with E-state index in [9.17, 15) is 4.79 Å². The molecule has 0 aliphatic heterocycles. The first-order valence-electron chi connectivity index (χ1n) is 7.30. The standard InChI is InChI=1S/C18H17N3O/c22-18(13-15-7-3-1-4-8-15)20-16-11-12-21(19-14-16)17-9-5-2-6-10-17/h1,3-12,14,17H,2,13H2. The Bertz CT molecular complexity index is 740. The van der Waals surface area contributed by atoms with Crippen LogP contribution in [0.3, 0.4) is 0 Å². The molecule has 0 radical (unpaired) electrons. The average molecular weight is 291 g/mol. The van der Waals surface area contributed by atoms with Crippen molar-refractivity contribution in [2.24, 2.45) is 4.99 Å². The molecule has 0 atom stereocenters. The van der Waals surface area contributed by atoms with Crippen LogP contribution >= 0.6 is 0 Å². The van der Waals surface area contributed by atoms with Crippen molar-refractivity contribution in [3.8, 4) is 0 Å². The molecule has 1 aliphatic rings. The van der Waals surface area contributed by atoms with Crippen LogP contribution in [0.5, 0.6) is 0 Å². The molecule has 1 heterocycles. The topological polar surface area (TPSA) is 47.2 Å². The lowest BCUT2D eigenvalue weighted by Gasteiger charge is -2.13. The second kappa shape index (κ2) is 6.80. The van der Waals surface area contributed by atoms with Gasteiger partial charge in [0, 0.05) is 6.20 Å². The molecule has 0 saturated carbocycles. The molecule has 1 aliphatic carbocycles. The minimum absolute atomic E-state index is 0.142. The van der Waals surface area contributed by atoms with Crippen LogP contribution < -0.4 is 5.36 Å². The highest BCUT2D eigenvalue weighted by Crippen LogP contribution is 2.12. The molecule has 22 heavy (non-hydrogen) atoms. The second-order valence-corrected chi connectivity index (χ2v) is 5.12. The molecule has 110 valence electrons. The van der Waals surface area contributed by atoms with Crippen LogP contribution in [0.25, 0.3) is 0 Å². The Hall–Kier alpha value is -2.75. The third-order valence-corrected chi connectivity index (χ3v) is 3.42. The van der Waals surface area contributed by atoms with Crippen molar-refractivity contribution in [3.63, 3.8) is 0 Å². The normalized spacial score (nSPS) is 15.2. The van der Waals surface area contributed by atoms with E-state index in [1.54, 1.807) is 6.20 Å². The quantitative estimate of drug-likeness (QED) is 0.816. The van der Waals surface area contributed by atoms with Gasteiger partial charge in [-0.15, -0.1) is 0 Å². The minimum atomic E-state index is -0.164. The third-order valence-electron chi connectivity index (χ3n) is 3.42. The average Bonchev–Trinajstić information content (AvgIpc) is 2.57. The largest absolute Gasteiger partial charge is 0.272 e. The summed E-state index contributed by atoms with van der Waals surface area (Å²) < 4.78 is 1.84. The van der Waals surface area contributed by atoms with Gasteiger partial charge in [0.15, 0.2) is 0 Å². The van der Waals surface area contributed by atoms with Gasteiger partial charge in [0.25, 0.3) is 5.91 Å². The molecular weight excluding hydrogens is 274 g/mol. The fraction of sp³-hybridized carbons (Fsp3) is 0.167. The number of carbonyl (C=O) groups is 1. The summed E-state index contributed by atoms with van der Waals surface area (Å²) in [6.07, 6.45) is 13.2. The Morgan fingerprint density at radius 3 is 2.64 bits per heavy atom. The predicted octanol–water partition coefficient (Wildman–Crippen LogP) is 2.61. The molecule has 0 spiro atoms. The summed E-state index contributed by atoms with van der Waals surface area (Å²) in [5.74, 6) is -0.164. The van der Waals surface area contributed by atoms with Gasteiger partial charge in [0.05, 0.1) is 24.0 Å². The van der Waals surface area contributed by atoms with Gasteiger partial charge in [0.1, 0.15) is 0 Å². The maximum Gasteiger partial charge on any atom is 0.250 e. The van der Waals surface area contributed by atoms with Crippen LogP contribution in [-0.4, -0.2) is 15.7 Å². The van der Waals surface area contributed by atoms with Gasteiger partial charge in [-0.05, 0) is 18.1 Å². The van der Waals surface area contributed by atoms with E-state index in [2.05, 4.69) is 34.4 Å². The molecule has 4 heteroatoms. The zero-order valence-corrected chi connectivity index (χ0v) is 12.2. The Balaban J connectivity index is 1.72. The fourth-order valence-corrected chi connectivity index (χ4v) is 2.31. The number of nitrogens with zero attached hydrogens (tertiary/aromatic N) is 3. The van der Waals surface area contributed by atoms with E-state index in [1.165, 1.54) is 0 Å². The molecule has 0 bridgehead atoms. The van der Waals surface area contributed by atoms with E-state index < -0.39 is 0 Å². The molecule has 1 aromatic carbocycles. The van der Waals surface area contributed by atoms with E-state index in [4.69, 9.17) is 0 Å². The second-order valence-electron chi connectivity index (χ2n) is 5.12. The number of rotatable bonds is 3. The van der Waals surface area contributed by atoms with Crippen LogP contribution in [-0.2, 0) is 11.2 Å². The van der Waals surface area contributed by atoms with E-state index >= 15 is 0 Å². The first-order chi connectivity index (χ1) is 10.8. The number of allylic oxidation sites excluding steroid dienone is 4. The van der Waals surface area contributed by atoms with Crippen LogP contribution in [0.4, 0.5) is 0 Å². The molecule has 0 N–H and O–H groups in total. The molecule has 1 amide bonds. The van der Waals surface area contributed by atoms with E-state index in [0.29, 0.717) is 11.8 Å². The first-order valence-corrected chi connectivity index (χ1v) is 7.30. The number of aromatic nitrogens is 2. The van der Waals surface area contributed by atoms with E-state index in [-0.39, 0.29) is 11.9 Å². The number of hydrogen-bond donors (Lipinski definition) is 0. The Morgan fingerprint density at radius 1 is 1.18 bits per heavy atom. The van der Waals surface area contributed by atoms with Gasteiger partial charge in [-0.1, -0.05) is 54.6 Å². The fourth-order valence-electron chi connectivity index (χ4n) is 2.31. The highest BCUT2D eigenvalue weighted by atomic mass is 16.1. The number of amides is 1. The molecule has 4 nitrogen and oxygen atoms in total. The van der Waals surface area contributed by atoms with Crippen molar-refractivity contribution in [2.45, 2.75) is 18.9 Å². The summed E-state index contributed by atoms with van der Waals surface area (Å²) in [6.45, 7) is 0. The molecule has 0 fully saturated rings. The Morgan fingerprint density at radius 2 is 1.95 bits per heavy atom. The number of benzene rings is 1. The summed E-state index contributed by atoms with van der Waals surface area (Å²) in [5, 5.41) is 4.91. The Labute approximate surface area is 129 Å². The lowest BCUT2D eigenvalue weighted by atomic mass is 10.1. The number of hydrogen-bond acceptors (Lipinski definition) is 2. The molecule has 1 aromatic heterocycles. The number of carbonyl (C=O) groups excluding carboxylic acids is 1. The molecule has 2 aromatic rings. The SMILES string of the molecule is O=C(Cc1ccccc1)N=c1ccn(C2C=CCC=C2)nc1. The van der Waals surface area contributed by atoms with E-state index in [1.807, 2.05) is 47.3 Å². The smallest absolute Gasteiger partial charge is 0.250 e. The van der Waals surface area contributed by atoms with Crippen LogP contribution in [0, 0.1) is 0 Å². The molecular formula is C18H17N3O. The van der Waals surface area contributed by atoms with Gasteiger partial charge in [-0.3, -0.25) is 9.48 Å².